The van der Waals surface area contributed by atoms with Crippen molar-refractivity contribution in [3.63, 3.8) is 0 Å². The van der Waals surface area contributed by atoms with Crippen LogP contribution in [0.4, 0.5) is 4.39 Å². The monoisotopic (exact) mass is 225 g/mol. The Hall–Kier alpha value is -1.24. The molecule has 1 aliphatic heterocycles. The van der Waals surface area contributed by atoms with E-state index >= 15 is 0 Å². The lowest BCUT2D eigenvalue weighted by molar-refractivity contribution is 0.210. The quantitative estimate of drug-likeness (QED) is 0.733. The molecule has 0 aliphatic carbocycles. The number of halogens is 1. The van der Waals surface area contributed by atoms with Crippen molar-refractivity contribution in [1.29, 1.82) is 5.26 Å². The Balaban J connectivity index is 2.52. The van der Waals surface area contributed by atoms with Gasteiger partial charge in [-0.15, -0.1) is 0 Å². The molecular formula is C12H20FN3. The van der Waals surface area contributed by atoms with E-state index in [9.17, 15) is 4.39 Å². The van der Waals surface area contributed by atoms with Crippen molar-refractivity contribution >= 4 is 0 Å². The van der Waals surface area contributed by atoms with Gasteiger partial charge in [-0.05, 0) is 25.8 Å². The number of rotatable bonds is 4. The summed E-state index contributed by atoms with van der Waals surface area (Å²) in [4.78, 5) is 4.09. The van der Waals surface area contributed by atoms with Crippen LogP contribution in [-0.4, -0.2) is 43.2 Å². The van der Waals surface area contributed by atoms with Gasteiger partial charge in [0, 0.05) is 33.1 Å². The number of nitriles is 1. The highest BCUT2D eigenvalue weighted by molar-refractivity contribution is 5.06. The maximum Gasteiger partial charge on any atom is 0.124 e. The van der Waals surface area contributed by atoms with Crippen molar-refractivity contribution in [3.8, 4) is 6.07 Å². The van der Waals surface area contributed by atoms with Gasteiger partial charge in [-0.3, -0.25) is 0 Å². The summed E-state index contributed by atoms with van der Waals surface area (Å²) < 4.78 is 13.3. The summed E-state index contributed by atoms with van der Waals surface area (Å²) in [6.45, 7) is 3.45. The number of alkyl halides is 1. The molecule has 90 valence electrons. The molecule has 2 atom stereocenters. The Morgan fingerprint density at radius 1 is 1.75 bits per heavy atom. The van der Waals surface area contributed by atoms with Gasteiger partial charge in [0.1, 0.15) is 12.0 Å². The highest BCUT2D eigenvalue weighted by Gasteiger charge is 2.19. The fraction of sp³-hybridized carbons (Fsp3) is 0.750. The molecule has 0 fully saturated rings. The standard InChI is InChI=1S/C12H20FN3/c1-10(9-14)4-6-15(2)12-8-11(13)5-7-16(12)3/h8,10-11H,4-7H2,1-3H3. The zero-order valence-electron chi connectivity index (χ0n) is 10.3. The smallest absolute Gasteiger partial charge is 0.124 e. The van der Waals surface area contributed by atoms with Crippen LogP contribution in [0.15, 0.2) is 11.9 Å². The average molecular weight is 225 g/mol. The first kappa shape index (κ1) is 12.8. The second kappa shape index (κ2) is 5.74. The molecule has 0 aromatic carbocycles. The van der Waals surface area contributed by atoms with E-state index in [4.69, 9.17) is 5.26 Å². The molecule has 1 rings (SSSR count). The molecule has 0 saturated carbocycles. The Morgan fingerprint density at radius 2 is 2.44 bits per heavy atom. The third-order valence-electron chi connectivity index (χ3n) is 2.97. The minimum absolute atomic E-state index is 0.0538. The number of allylic oxidation sites excluding steroid dienone is 1. The Labute approximate surface area is 97.1 Å². The lowest BCUT2D eigenvalue weighted by Gasteiger charge is -2.34. The average Bonchev–Trinajstić information content (AvgIpc) is 2.28. The highest BCUT2D eigenvalue weighted by Crippen LogP contribution is 2.18. The van der Waals surface area contributed by atoms with Crippen LogP contribution in [0.3, 0.4) is 0 Å². The minimum Gasteiger partial charge on any atom is -0.361 e. The first-order valence-electron chi connectivity index (χ1n) is 5.72. The molecule has 16 heavy (non-hydrogen) atoms. The summed E-state index contributed by atoms with van der Waals surface area (Å²) in [6.07, 6.45) is 2.22. The van der Waals surface area contributed by atoms with Crippen LogP contribution >= 0.6 is 0 Å². The van der Waals surface area contributed by atoms with Crippen LogP contribution < -0.4 is 0 Å². The van der Waals surface area contributed by atoms with E-state index in [1.165, 1.54) is 0 Å². The zero-order chi connectivity index (χ0) is 12.1. The fourth-order valence-corrected chi connectivity index (χ4v) is 1.79. The van der Waals surface area contributed by atoms with Crippen LogP contribution in [0, 0.1) is 17.2 Å². The minimum atomic E-state index is -0.831. The molecule has 0 amide bonds. The van der Waals surface area contributed by atoms with Gasteiger partial charge in [0.05, 0.1) is 6.07 Å². The Morgan fingerprint density at radius 3 is 3.06 bits per heavy atom. The van der Waals surface area contributed by atoms with Crippen molar-refractivity contribution in [2.45, 2.75) is 25.9 Å². The maximum absolute atomic E-state index is 13.3. The van der Waals surface area contributed by atoms with Crippen molar-refractivity contribution in [2.24, 2.45) is 5.92 Å². The third kappa shape index (κ3) is 3.41. The molecule has 1 heterocycles. The molecule has 0 N–H and O–H groups in total. The van der Waals surface area contributed by atoms with Crippen molar-refractivity contribution in [1.82, 2.24) is 9.80 Å². The fourth-order valence-electron chi connectivity index (χ4n) is 1.79. The van der Waals surface area contributed by atoms with E-state index in [2.05, 4.69) is 11.0 Å². The second-order valence-electron chi connectivity index (χ2n) is 4.49. The lowest BCUT2D eigenvalue weighted by atomic mass is 10.1. The van der Waals surface area contributed by atoms with E-state index in [0.717, 1.165) is 25.3 Å². The predicted molar refractivity (Wildman–Crippen MR) is 62.3 cm³/mol. The van der Waals surface area contributed by atoms with Gasteiger partial charge >= 0.3 is 0 Å². The van der Waals surface area contributed by atoms with Crippen molar-refractivity contribution in [2.75, 3.05) is 27.2 Å². The van der Waals surface area contributed by atoms with E-state index in [1.807, 2.05) is 25.9 Å². The van der Waals surface area contributed by atoms with Crippen LogP contribution in [0.5, 0.6) is 0 Å². The summed E-state index contributed by atoms with van der Waals surface area (Å²) in [5.74, 6) is 0.988. The second-order valence-corrected chi connectivity index (χ2v) is 4.49. The molecule has 0 aromatic rings. The molecule has 3 nitrogen and oxygen atoms in total. The van der Waals surface area contributed by atoms with Gasteiger partial charge in [-0.1, -0.05) is 0 Å². The van der Waals surface area contributed by atoms with Crippen LogP contribution in [0.2, 0.25) is 0 Å². The van der Waals surface area contributed by atoms with Gasteiger partial charge in [-0.25, -0.2) is 4.39 Å². The third-order valence-corrected chi connectivity index (χ3v) is 2.97. The molecule has 0 aromatic heterocycles. The summed E-state index contributed by atoms with van der Waals surface area (Å²) in [5, 5.41) is 8.70. The van der Waals surface area contributed by atoms with Crippen LogP contribution in [-0.2, 0) is 0 Å². The zero-order valence-corrected chi connectivity index (χ0v) is 10.3. The molecule has 0 saturated heterocycles. The number of hydrogen-bond acceptors (Lipinski definition) is 3. The van der Waals surface area contributed by atoms with Gasteiger partial charge in [0.2, 0.25) is 0 Å². The largest absolute Gasteiger partial charge is 0.361 e. The number of nitrogens with zero attached hydrogens (tertiary/aromatic N) is 3. The van der Waals surface area contributed by atoms with Crippen LogP contribution in [0.1, 0.15) is 19.8 Å². The summed E-state index contributed by atoms with van der Waals surface area (Å²) in [7, 11) is 3.92. The van der Waals surface area contributed by atoms with Crippen molar-refractivity contribution in [3.05, 3.63) is 11.9 Å². The van der Waals surface area contributed by atoms with E-state index in [0.29, 0.717) is 6.42 Å². The first-order valence-corrected chi connectivity index (χ1v) is 5.72. The first-order chi connectivity index (χ1) is 7.54. The highest BCUT2D eigenvalue weighted by atomic mass is 19.1. The van der Waals surface area contributed by atoms with Crippen molar-refractivity contribution < 1.29 is 4.39 Å². The summed E-state index contributed by atoms with van der Waals surface area (Å²) in [5.41, 5.74) is 0. The molecule has 4 heteroatoms. The summed E-state index contributed by atoms with van der Waals surface area (Å²) >= 11 is 0. The van der Waals surface area contributed by atoms with E-state index < -0.39 is 6.17 Å². The predicted octanol–water partition coefficient (Wildman–Crippen LogP) is 1.98. The molecule has 1 aliphatic rings. The Kier molecular flexibility index (Phi) is 4.60. The van der Waals surface area contributed by atoms with E-state index in [1.54, 1.807) is 6.08 Å². The maximum atomic E-state index is 13.3. The summed E-state index contributed by atoms with van der Waals surface area (Å²) in [6, 6.07) is 2.21. The molecule has 0 bridgehead atoms. The van der Waals surface area contributed by atoms with Gasteiger partial charge in [0.15, 0.2) is 0 Å². The topological polar surface area (TPSA) is 30.3 Å². The van der Waals surface area contributed by atoms with Gasteiger partial charge in [0.25, 0.3) is 0 Å². The normalized spacial score (nSPS) is 22.3. The SMILES string of the molecule is CC(C#N)CCN(C)C1=CC(F)CCN1C. The molecule has 0 radical (unpaired) electrons. The number of hydrogen-bond donors (Lipinski definition) is 0. The van der Waals surface area contributed by atoms with Crippen LogP contribution in [0.25, 0.3) is 0 Å². The lowest BCUT2D eigenvalue weighted by Crippen LogP contribution is -2.36. The van der Waals surface area contributed by atoms with Gasteiger partial charge < -0.3 is 9.80 Å². The Bertz CT molecular complexity index is 295. The molecule has 0 spiro atoms. The molecule has 2 unspecified atom stereocenters. The molecular weight excluding hydrogens is 205 g/mol. The van der Waals surface area contributed by atoms with Gasteiger partial charge in [-0.2, -0.15) is 5.26 Å². The van der Waals surface area contributed by atoms with E-state index in [-0.39, 0.29) is 5.92 Å².